The van der Waals surface area contributed by atoms with E-state index in [1.54, 1.807) is 0 Å². The van der Waals surface area contributed by atoms with E-state index in [1.165, 1.54) is 6.92 Å². The Bertz CT molecular complexity index is 141. The van der Waals surface area contributed by atoms with E-state index in [2.05, 4.69) is 19.6 Å². The van der Waals surface area contributed by atoms with Crippen LogP contribution in [0.5, 0.6) is 0 Å². The van der Waals surface area contributed by atoms with Gasteiger partial charge in [0.15, 0.2) is 8.32 Å². The third-order valence-electron chi connectivity index (χ3n) is 0.851. The molecule has 5 heteroatoms. The average Bonchev–Trinajstić information content (AvgIpc) is 1.53. The molecule has 0 rings (SSSR count). The minimum atomic E-state index is -1.67. The number of rotatable bonds is 3. The molecule has 3 nitrogen and oxygen atoms in total. The summed E-state index contributed by atoms with van der Waals surface area (Å²) < 4.78 is 10.5. The van der Waals surface area contributed by atoms with E-state index >= 15 is 0 Å². The van der Waals surface area contributed by atoms with E-state index in [1.807, 2.05) is 6.55 Å². The second kappa shape index (κ2) is 4.03. The lowest BCUT2D eigenvalue weighted by Crippen LogP contribution is -2.35. The van der Waals surface area contributed by atoms with Crippen molar-refractivity contribution in [3.63, 3.8) is 0 Å². The Labute approximate surface area is 70.7 Å². The Morgan fingerprint density at radius 2 is 1.82 bits per heavy atom. The summed E-state index contributed by atoms with van der Waals surface area (Å²) in [5, 5.41) is 0. The second-order valence-corrected chi connectivity index (χ2v) is 9.95. The first-order chi connectivity index (χ1) is 4.81. The molecule has 0 aliphatic rings. The molecule has 0 aliphatic carbocycles. The van der Waals surface area contributed by atoms with Gasteiger partial charge in [0.05, 0.1) is 0 Å². The van der Waals surface area contributed by atoms with Gasteiger partial charge in [-0.2, -0.15) is 0 Å². The number of hydrogen-bond donors (Lipinski definition) is 0. The number of carbonyl (C=O) groups is 1. The molecule has 0 saturated carbocycles. The molecule has 0 heterocycles. The minimum Gasteiger partial charge on any atom is -0.498 e. The summed E-state index contributed by atoms with van der Waals surface area (Å²) in [5.41, 5.74) is 0. The maximum Gasteiger partial charge on any atom is 0.372 e. The van der Waals surface area contributed by atoms with Gasteiger partial charge in [-0.25, -0.2) is 0 Å². The van der Waals surface area contributed by atoms with E-state index in [9.17, 15) is 4.79 Å². The van der Waals surface area contributed by atoms with Crippen molar-refractivity contribution >= 4 is 23.6 Å². The molecule has 0 bridgehead atoms. The summed E-state index contributed by atoms with van der Waals surface area (Å²) in [5.74, 6) is -0.234. The van der Waals surface area contributed by atoms with Gasteiger partial charge in [-0.1, -0.05) is 0 Å². The van der Waals surface area contributed by atoms with E-state index in [0.29, 0.717) is 0 Å². The highest BCUT2D eigenvalue weighted by atomic mass is 28.4. The lowest BCUT2D eigenvalue weighted by atomic mass is 10.9. The first-order valence-electron chi connectivity index (χ1n) is 3.66. The molecule has 0 saturated heterocycles. The number of carbonyl (C=O) groups excluding carboxylic acids is 1. The average molecular weight is 192 g/mol. The largest absolute Gasteiger partial charge is 0.498 e. The Kier molecular flexibility index (Phi) is 3.98. The highest BCUT2D eigenvalue weighted by Crippen LogP contribution is 2.05. The second-order valence-electron chi connectivity index (χ2n) is 3.41. The van der Waals surface area contributed by atoms with Gasteiger partial charge in [-0.15, -0.1) is 0 Å². The van der Waals surface area contributed by atoms with Crippen LogP contribution in [0.25, 0.3) is 0 Å². The molecule has 0 fully saturated rings. The van der Waals surface area contributed by atoms with Crippen molar-refractivity contribution in [1.82, 2.24) is 0 Å². The molecule has 0 radical (unpaired) electrons. The van der Waals surface area contributed by atoms with Crippen LogP contribution in [0.1, 0.15) is 6.92 Å². The molecule has 11 heavy (non-hydrogen) atoms. The first kappa shape index (κ1) is 10.9. The fourth-order valence-corrected chi connectivity index (χ4v) is 5.40. The summed E-state index contributed by atoms with van der Waals surface area (Å²) in [7, 11) is -3.18. The van der Waals surface area contributed by atoms with Gasteiger partial charge in [-0.3, -0.25) is 4.79 Å². The van der Waals surface area contributed by atoms with Gasteiger partial charge in [0.2, 0.25) is 0 Å². The fourth-order valence-electron chi connectivity index (χ4n) is 0.756. The van der Waals surface area contributed by atoms with Gasteiger partial charge >= 0.3 is 9.28 Å². The van der Waals surface area contributed by atoms with Gasteiger partial charge < -0.3 is 8.54 Å². The monoisotopic (exact) mass is 192 g/mol. The van der Waals surface area contributed by atoms with Gasteiger partial charge in [0, 0.05) is 6.92 Å². The van der Waals surface area contributed by atoms with E-state index in [-0.39, 0.29) is 5.97 Å². The lowest BCUT2D eigenvalue weighted by molar-refractivity contribution is -0.132. The van der Waals surface area contributed by atoms with E-state index in [0.717, 1.165) is 0 Å². The predicted molar refractivity (Wildman–Crippen MR) is 49.2 cm³/mol. The third kappa shape index (κ3) is 7.76. The fraction of sp³-hybridized carbons (Fsp3) is 0.833. The molecule has 0 aliphatic heterocycles. The summed E-state index contributed by atoms with van der Waals surface area (Å²) in [4.78, 5) is 10.5. The Morgan fingerprint density at radius 3 is 2.09 bits per heavy atom. The van der Waals surface area contributed by atoms with Crippen LogP contribution in [-0.2, 0) is 13.3 Å². The molecule has 0 N–H and O–H groups in total. The Balaban J connectivity index is 3.69. The zero-order valence-corrected chi connectivity index (χ0v) is 9.96. The zero-order chi connectivity index (χ0) is 9.07. The Hall–Kier alpha value is -0.136. The summed E-state index contributed by atoms with van der Waals surface area (Å²) in [6.07, 6.45) is 0. The molecule has 0 aromatic carbocycles. The van der Waals surface area contributed by atoms with Crippen LogP contribution in [0.2, 0.25) is 26.2 Å². The smallest absolute Gasteiger partial charge is 0.372 e. The minimum absolute atomic E-state index is 0.234. The van der Waals surface area contributed by atoms with Crippen LogP contribution < -0.4 is 0 Å². The molecular weight excluding hydrogens is 176 g/mol. The highest BCUT2D eigenvalue weighted by Gasteiger charge is 2.20. The maximum atomic E-state index is 10.5. The SMILES string of the molecule is CC(=O)O[SiH](C)O[Si](C)(C)C. The molecular formula is C6H16O3Si2. The summed E-state index contributed by atoms with van der Waals surface area (Å²) in [6, 6.07) is 0. The zero-order valence-electron chi connectivity index (χ0n) is 7.80. The van der Waals surface area contributed by atoms with Crippen molar-refractivity contribution in [1.29, 1.82) is 0 Å². The van der Waals surface area contributed by atoms with E-state index < -0.39 is 17.6 Å². The molecule has 66 valence electrons. The van der Waals surface area contributed by atoms with Gasteiger partial charge in [0.1, 0.15) is 0 Å². The normalized spacial score (nSPS) is 14.3. The molecule has 0 spiro atoms. The molecule has 0 aromatic heterocycles. The van der Waals surface area contributed by atoms with Gasteiger partial charge in [0.25, 0.3) is 5.97 Å². The summed E-state index contributed by atoms with van der Waals surface area (Å²) >= 11 is 0. The van der Waals surface area contributed by atoms with Crippen molar-refractivity contribution in [2.24, 2.45) is 0 Å². The highest BCUT2D eigenvalue weighted by molar-refractivity contribution is 6.76. The lowest BCUT2D eigenvalue weighted by Gasteiger charge is -2.21. The van der Waals surface area contributed by atoms with Crippen molar-refractivity contribution in [3.05, 3.63) is 0 Å². The molecule has 1 unspecified atom stereocenters. The van der Waals surface area contributed by atoms with Crippen LogP contribution in [0.15, 0.2) is 0 Å². The van der Waals surface area contributed by atoms with Crippen molar-refractivity contribution < 1.29 is 13.3 Å². The standard InChI is InChI=1S/C6H16O3Si2/c1-6(7)8-10(2)9-11(3,4)5/h10H,1-5H3. The molecule has 0 aromatic rings. The van der Waals surface area contributed by atoms with E-state index in [4.69, 9.17) is 8.54 Å². The van der Waals surface area contributed by atoms with Crippen LogP contribution in [-0.4, -0.2) is 23.6 Å². The third-order valence-corrected chi connectivity index (χ3v) is 5.67. The maximum absolute atomic E-state index is 10.5. The van der Waals surface area contributed by atoms with Crippen LogP contribution >= 0.6 is 0 Å². The van der Waals surface area contributed by atoms with Gasteiger partial charge in [-0.05, 0) is 26.2 Å². The Morgan fingerprint density at radius 1 is 1.36 bits per heavy atom. The molecule has 1 atom stereocenters. The van der Waals surface area contributed by atoms with Crippen LogP contribution in [0.3, 0.4) is 0 Å². The van der Waals surface area contributed by atoms with Crippen molar-refractivity contribution in [2.45, 2.75) is 33.1 Å². The first-order valence-corrected chi connectivity index (χ1v) is 9.17. The van der Waals surface area contributed by atoms with Crippen LogP contribution in [0, 0.1) is 0 Å². The quantitative estimate of drug-likeness (QED) is 0.631. The topological polar surface area (TPSA) is 35.5 Å². The number of hydrogen-bond acceptors (Lipinski definition) is 3. The van der Waals surface area contributed by atoms with Crippen molar-refractivity contribution in [3.8, 4) is 0 Å². The predicted octanol–water partition coefficient (Wildman–Crippen LogP) is 1.25. The van der Waals surface area contributed by atoms with Crippen molar-refractivity contribution in [2.75, 3.05) is 0 Å². The summed E-state index contributed by atoms with van der Waals surface area (Å²) in [6.45, 7) is 9.54. The van der Waals surface area contributed by atoms with Crippen LogP contribution in [0.4, 0.5) is 0 Å². The molecule has 0 amide bonds.